The Bertz CT molecular complexity index is 209. The number of nitrogens with one attached hydrogen (secondary N) is 1. The van der Waals surface area contributed by atoms with E-state index in [2.05, 4.69) is 11.4 Å². The van der Waals surface area contributed by atoms with Crippen LogP contribution in [0.15, 0.2) is 0 Å². The molecule has 4 nitrogen and oxygen atoms in total. The highest BCUT2D eigenvalue weighted by atomic mass is 16.5. The van der Waals surface area contributed by atoms with E-state index in [1.54, 1.807) is 7.11 Å². The summed E-state index contributed by atoms with van der Waals surface area (Å²) in [5.41, 5.74) is -0.597. The molecule has 0 amide bonds. The Morgan fingerprint density at radius 3 is 3.00 bits per heavy atom. The second kappa shape index (κ2) is 5.30. The maximum Gasteiger partial charge on any atom is 0.127 e. The summed E-state index contributed by atoms with van der Waals surface area (Å²) >= 11 is 0. The van der Waals surface area contributed by atoms with E-state index in [0.29, 0.717) is 6.61 Å². The molecule has 0 bridgehead atoms. The van der Waals surface area contributed by atoms with E-state index in [0.717, 1.165) is 26.0 Å². The van der Waals surface area contributed by atoms with Crippen LogP contribution in [0.1, 0.15) is 19.8 Å². The first-order valence-electron chi connectivity index (χ1n) is 4.97. The van der Waals surface area contributed by atoms with E-state index in [-0.39, 0.29) is 6.10 Å². The minimum Gasteiger partial charge on any atom is -0.382 e. The van der Waals surface area contributed by atoms with Crippen molar-refractivity contribution in [1.82, 2.24) is 5.32 Å². The van der Waals surface area contributed by atoms with Gasteiger partial charge < -0.3 is 9.47 Å². The van der Waals surface area contributed by atoms with Crippen LogP contribution >= 0.6 is 0 Å². The maximum absolute atomic E-state index is 8.96. The molecule has 0 saturated carbocycles. The number of ether oxygens (including phenoxy) is 2. The van der Waals surface area contributed by atoms with Crippen molar-refractivity contribution in [1.29, 1.82) is 5.26 Å². The SMILES string of the molecule is COCC(C)(C#N)NCC1CCCO1. The standard InChI is InChI=1S/C10H18N2O2/c1-10(7-11,8-13-2)12-6-9-4-3-5-14-9/h9,12H,3-6,8H2,1-2H3. The molecule has 0 spiro atoms. The van der Waals surface area contributed by atoms with Gasteiger partial charge in [0.2, 0.25) is 0 Å². The average Bonchev–Trinajstić information content (AvgIpc) is 2.68. The van der Waals surface area contributed by atoms with Crippen LogP contribution in [0, 0.1) is 11.3 Å². The van der Waals surface area contributed by atoms with E-state index < -0.39 is 5.54 Å². The lowest BCUT2D eigenvalue weighted by Gasteiger charge is -2.23. The first-order valence-corrected chi connectivity index (χ1v) is 4.97. The van der Waals surface area contributed by atoms with Crippen molar-refractivity contribution in [3.63, 3.8) is 0 Å². The molecule has 0 aromatic rings. The van der Waals surface area contributed by atoms with Gasteiger partial charge in [0.15, 0.2) is 0 Å². The number of nitrogens with zero attached hydrogens (tertiary/aromatic N) is 1. The fraction of sp³-hybridized carbons (Fsp3) is 0.900. The molecule has 2 atom stereocenters. The minimum atomic E-state index is -0.597. The van der Waals surface area contributed by atoms with Crippen LogP contribution < -0.4 is 5.32 Å². The van der Waals surface area contributed by atoms with Gasteiger partial charge in [-0.3, -0.25) is 5.32 Å². The van der Waals surface area contributed by atoms with Gasteiger partial charge in [0, 0.05) is 20.3 Å². The smallest absolute Gasteiger partial charge is 0.127 e. The summed E-state index contributed by atoms with van der Waals surface area (Å²) in [5.74, 6) is 0. The zero-order valence-corrected chi connectivity index (χ0v) is 8.88. The summed E-state index contributed by atoms with van der Waals surface area (Å²) in [7, 11) is 1.60. The first-order chi connectivity index (χ1) is 6.70. The van der Waals surface area contributed by atoms with Crippen molar-refractivity contribution in [3.8, 4) is 6.07 Å². The van der Waals surface area contributed by atoms with Gasteiger partial charge in [0.05, 0.1) is 18.8 Å². The lowest BCUT2D eigenvalue weighted by Crippen LogP contribution is -2.47. The highest BCUT2D eigenvalue weighted by molar-refractivity contribution is 5.04. The molecule has 14 heavy (non-hydrogen) atoms. The van der Waals surface area contributed by atoms with Gasteiger partial charge in [0.1, 0.15) is 5.54 Å². The van der Waals surface area contributed by atoms with Gasteiger partial charge >= 0.3 is 0 Å². The Morgan fingerprint density at radius 1 is 1.71 bits per heavy atom. The van der Waals surface area contributed by atoms with Crippen molar-refractivity contribution >= 4 is 0 Å². The van der Waals surface area contributed by atoms with Crippen molar-refractivity contribution < 1.29 is 9.47 Å². The molecule has 1 aliphatic heterocycles. The quantitative estimate of drug-likeness (QED) is 0.706. The average molecular weight is 198 g/mol. The van der Waals surface area contributed by atoms with Crippen molar-refractivity contribution in [2.24, 2.45) is 0 Å². The number of nitriles is 1. The summed E-state index contributed by atoms with van der Waals surface area (Å²) in [4.78, 5) is 0. The van der Waals surface area contributed by atoms with Crippen molar-refractivity contribution in [3.05, 3.63) is 0 Å². The van der Waals surface area contributed by atoms with Gasteiger partial charge in [-0.15, -0.1) is 0 Å². The molecule has 0 aromatic heterocycles. The van der Waals surface area contributed by atoms with Gasteiger partial charge in [-0.1, -0.05) is 0 Å². The Hall–Kier alpha value is -0.630. The molecule has 80 valence electrons. The van der Waals surface area contributed by atoms with Crippen LogP contribution in [0.4, 0.5) is 0 Å². The van der Waals surface area contributed by atoms with E-state index in [4.69, 9.17) is 14.7 Å². The molecule has 1 rings (SSSR count). The summed E-state index contributed by atoms with van der Waals surface area (Å²) in [6.07, 6.45) is 2.47. The first kappa shape index (κ1) is 11.4. The topological polar surface area (TPSA) is 54.3 Å². The molecule has 0 aromatic carbocycles. The Morgan fingerprint density at radius 2 is 2.50 bits per heavy atom. The van der Waals surface area contributed by atoms with E-state index >= 15 is 0 Å². The number of hydrogen-bond donors (Lipinski definition) is 1. The van der Waals surface area contributed by atoms with Crippen molar-refractivity contribution in [2.45, 2.75) is 31.4 Å². The maximum atomic E-state index is 8.96. The lowest BCUT2D eigenvalue weighted by atomic mass is 10.1. The van der Waals surface area contributed by atoms with Gasteiger partial charge in [-0.25, -0.2) is 0 Å². The molecule has 0 aliphatic carbocycles. The molecular weight excluding hydrogens is 180 g/mol. The Balaban J connectivity index is 2.29. The molecule has 1 fully saturated rings. The highest BCUT2D eigenvalue weighted by Crippen LogP contribution is 2.12. The Kier molecular flexibility index (Phi) is 4.33. The highest BCUT2D eigenvalue weighted by Gasteiger charge is 2.25. The zero-order chi connectivity index (χ0) is 10.4. The van der Waals surface area contributed by atoms with Crippen LogP contribution in [0.3, 0.4) is 0 Å². The minimum absolute atomic E-state index is 0.263. The fourth-order valence-corrected chi connectivity index (χ4v) is 1.56. The van der Waals surface area contributed by atoms with Gasteiger partial charge in [0.25, 0.3) is 0 Å². The zero-order valence-electron chi connectivity index (χ0n) is 8.88. The monoisotopic (exact) mass is 198 g/mol. The van der Waals surface area contributed by atoms with Crippen LogP contribution in [-0.2, 0) is 9.47 Å². The number of rotatable bonds is 5. The molecule has 1 saturated heterocycles. The molecule has 4 heteroatoms. The van der Waals surface area contributed by atoms with Crippen LogP contribution in [0.25, 0.3) is 0 Å². The second-order valence-electron chi connectivity index (χ2n) is 3.89. The third-order valence-corrected chi connectivity index (χ3v) is 2.42. The second-order valence-corrected chi connectivity index (χ2v) is 3.89. The molecule has 1 heterocycles. The van der Waals surface area contributed by atoms with Crippen LogP contribution in [0.2, 0.25) is 0 Å². The third kappa shape index (κ3) is 3.26. The predicted octanol–water partition coefficient (Wildman–Crippen LogP) is 0.684. The predicted molar refractivity (Wildman–Crippen MR) is 52.9 cm³/mol. The summed E-state index contributed by atoms with van der Waals surface area (Å²) < 4.78 is 10.4. The fourth-order valence-electron chi connectivity index (χ4n) is 1.56. The summed E-state index contributed by atoms with van der Waals surface area (Å²) in [6.45, 7) is 3.81. The largest absolute Gasteiger partial charge is 0.382 e. The molecule has 2 unspecified atom stereocenters. The molecule has 0 radical (unpaired) electrons. The molecular formula is C10H18N2O2. The summed E-state index contributed by atoms with van der Waals surface area (Å²) in [5, 5.41) is 12.1. The van der Waals surface area contributed by atoms with Crippen LogP contribution in [0.5, 0.6) is 0 Å². The van der Waals surface area contributed by atoms with E-state index in [9.17, 15) is 0 Å². The number of hydrogen-bond acceptors (Lipinski definition) is 4. The summed E-state index contributed by atoms with van der Waals surface area (Å²) in [6, 6.07) is 2.21. The van der Waals surface area contributed by atoms with E-state index in [1.165, 1.54) is 0 Å². The normalized spacial score (nSPS) is 25.6. The number of methoxy groups -OCH3 is 1. The van der Waals surface area contributed by atoms with E-state index in [1.807, 2.05) is 6.92 Å². The Labute approximate surface area is 85.2 Å². The molecule has 1 aliphatic rings. The van der Waals surface area contributed by atoms with Gasteiger partial charge in [-0.05, 0) is 19.8 Å². The van der Waals surface area contributed by atoms with Gasteiger partial charge in [-0.2, -0.15) is 5.26 Å². The molecule has 1 N–H and O–H groups in total. The third-order valence-electron chi connectivity index (χ3n) is 2.42. The van der Waals surface area contributed by atoms with Crippen LogP contribution in [-0.4, -0.2) is 38.5 Å². The lowest BCUT2D eigenvalue weighted by molar-refractivity contribution is 0.0923. The van der Waals surface area contributed by atoms with Crippen molar-refractivity contribution in [2.75, 3.05) is 26.9 Å².